The van der Waals surface area contributed by atoms with Crippen LogP contribution >= 0.6 is 23.5 Å². The number of nitrogens with one attached hydrogen (secondary N) is 2. The monoisotopic (exact) mass is 827 g/mol. The van der Waals surface area contributed by atoms with Crippen molar-refractivity contribution in [3.05, 3.63) is 74.8 Å². The van der Waals surface area contributed by atoms with Gasteiger partial charge in [-0.15, -0.1) is 16.9 Å². The lowest BCUT2D eigenvalue weighted by atomic mass is 9.96. The average molecular weight is 828 g/mol. The molecule has 1 unspecified atom stereocenters. The van der Waals surface area contributed by atoms with Crippen LogP contribution in [0.4, 0.5) is 0 Å². The highest BCUT2D eigenvalue weighted by Gasteiger charge is 2.67. The minimum absolute atomic E-state index is 0.00682. The van der Waals surface area contributed by atoms with Gasteiger partial charge in [0.25, 0.3) is 17.5 Å². The summed E-state index contributed by atoms with van der Waals surface area (Å²) in [6, 6.07) is 5.41. The number of carboxylic acids is 3. The quantitative estimate of drug-likeness (QED) is 0.0359. The topological polar surface area (TPSA) is 323 Å². The molecule has 0 bridgehead atoms. The number of carbonyl (C=O) groups is 6. The fourth-order valence-electron chi connectivity index (χ4n) is 5.99. The smallest absolute Gasteiger partial charge is 0.352 e. The molecule has 298 valence electrons. The summed E-state index contributed by atoms with van der Waals surface area (Å²) >= 11 is 1.98. The molecule has 7 N–H and O–H groups in total. The second-order valence-electron chi connectivity index (χ2n) is 12.2. The Morgan fingerprint density at radius 1 is 1.07 bits per heavy atom. The van der Waals surface area contributed by atoms with E-state index in [0.29, 0.717) is 0 Å². The van der Waals surface area contributed by atoms with Gasteiger partial charge >= 0.3 is 17.9 Å². The standard InChI is InChI=1S/C33H29N7O15S2/c1-13-23(26(47)17-7-18(41)19(42)8-20(17)55-13)27(48)34-24(14-3-5-16(6-4-14)54-10-22(45)46)28(49)35-33(53-2)30(52)40-25(29(50)51)15(11-56-31(33)40)12-57-32-36-37-38-39(32)9-21(43)44/h3-8,24,31,41-42H,9-12H2,1-2H3,(H,34,48)(H,35,49)(H,43,44)(H,45,46)(H,50,51)/t24?,31-,33-/m0/s1. The van der Waals surface area contributed by atoms with E-state index in [1.807, 2.05) is 0 Å². The van der Waals surface area contributed by atoms with Gasteiger partial charge in [-0.05, 0) is 46.7 Å². The first-order valence-corrected chi connectivity index (χ1v) is 18.2. The van der Waals surface area contributed by atoms with Gasteiger partial charge in [-0.1, -0.05) is 23.9 Å². The number of phenols is 2. The normalized spacial score (nSPS) is 18.0. The van der Waals surface area contributed by atoms with Gasteiger partial charge in [-0.3, -0.25) is 28.9 Å². The molecule has 2 aromatic heterocycles. The van der Waals surface area contributed by atoms with E-state index in [1.54, 1.807) is 0 Å². The van der Waals surface area contributed by atoms with Crippen molar-refractivity contribution < 1.29 is 68.2 Å². The summed E-state index contributed by atoms with van der Waals surface area (Å²) < 4.78 is 17.3. The number of ether oxygens (including phenoxy) is 2. The van der Waals surface area contributed by atoms with Gasteiger partial charge in [-0.2, -0.15) is 0 Å². The first-order valence-electron chi connectivity index (χ1n) is 16.2. The number of benzene rings is 2. The Labute approximate surface area is 326 Å². The minimum Gasteiger partial charge on any atom is -0.504 e. The zero-order valence-corrected chi connectivity index (χ0v) is 31.0. The molecule has 57 heavy (non-hydrogen) atoms. The van der Waals surface area contributed by atoms with Crippen LogP contribution in [0.15, 0.2) is 62.0 Å². The van der Waals surface area contributed by atoms with Gasteiger partial charge in [0, 0.05) is 24.7 Å². The Morgan fingerprint density at radius 3 is 2.42 bits per heavy atom. The van der Waals surface area contributed by atoms with E-state index >= 15 is 0 Å². The molecule has 0 aliphatic carbocycles. The van der Waals surface area contributed by atoms with E-state index in [9.17, 15) is 48.9 Å². The van der Waals surface area contributed by atoms with Crippen molar-refractivity contribution in [2.24, 2.45) is 0 Å². The van der Waals surface area contributed by atoms with Crippen molar-refractivity contribution in [3.63, 3.8) is 0 Å². The van der Waals surface area contributed by atoms with E-state index in [4.69, 9.17) is 24.1 Å². The highest BCUT2D eigenvalue weighted by molar-refractivity contribution is 8.01. The minimum atomic E-state index is -2.17. The third kappa shape index (κ3) is 7.64. The molecular weight excluding hydrogens is 799 g/mol. The molecule has 3 atom stereocenters. The van der Waals surface area contributed by atoms with Gasteiger partial charge in [0.15, 0.2) is 18.1 Å². The lowest BCUT2D eigenvalue weighted by molar-refractivity contribution is -0.192. The summed E-state index contributed by atoms with van der Waals surface area (Å²) in [5.41, 5.74) is -3.91. The number of aryl methyl sites for hydroxylation is 1. The number of tetrazole rings is 1. The second kappa shape index (κ2) is 15.8. The molecule has 2 aliphatic heterocycles. The maximum atomic E-state index is 14.2. The fourth-order valence-corrected chi connectivity index (χ4v) is 8.44. The number of amides is 3. The molecule has 0 saturated carbocycles. The highest BCUT2D eigenvalue weighted by Crippen LogP contribution is 2.47. The van der Waals surface area contributed by atoms with E-state index in [2.05, 4.69) is 26.2 Å². The summed E-state index contributed by atoms with van der Waals surface area (Å²) in [5, 5.41) is 62.6. The molecule has 4 heterocycles. The van der Waals surface area contributed by atoms with Crippen LogP contribution in [-0.2, 0) is 35.3 Å². The van der Waals surface area contributed by atoms with Crippen molar-refractivity contribution in [2.45, 2.75) is 35.8 Å². The predicted octanol–water partition coefficient (Wildman–Crippen LogP) is 0.0232. The van der Waals surface area contributed by atoms with Gasteiger partial charge in [0.1, 0.15) is 46.3 Å². The molecule has 3 amide bonds. The molecule has 6 rings (SSSR count). The zero-order chi connectivity index (χ0) is 41.3. The molecule has 1 fully saturated rings. The average Bonchev–Trinajstić information content (AvgIpc) is 3.60. The lowest BCUT2D eigenvalue weighted by Gasteiger charge is -2.56. The summed E-state index contributed by atoms with van der Waals surface area (Å²) in [6.45, 7) is 0.0471. The third-order valence-electron chi connectivity index (χ3n) is 8.61. The number of rotatable bonds is 15. The van der Waals surface area contributed by atoms with Crippen molar-refractivity contribution >= 4 is 70.1 Å². The zero-order valence-electron chi connectivity index (χ0n) is 29.3. The molecular formula is C33H29N7O15S2. The van der Waals surface area contributed by atoms with Gasteiger partial charge in [0.05, 0.1) is 5.39 Å². The van der Waals surface area contributed by atoms with E-state index in [-0.39, 0.29) is 50.3 Å². The third-order valence-corrected chi connectivity index (χ3v) is 11.0. The van der Waals surface area contributed by atoms with Crippen molar-refractivity contribution in [1.82, 2.24) is 35.7 Å². The number of carboxylic acid groups (broad SMARTS) is 3. The number of methoxy groups -OCH3 is 1. The number of hydrogen-bond donors (Lipinski definition) is 7. The summed E-state index contributed by atoms with van der Waals surface area (Å²) in [4.78, 5) is 91.1. The molecule has 22 nitrogen and oxygen atoms in total. The van der Waals surface area contributed by atoms with Crippen molar-refractivity contribution in [2.75, 3.05) is 25.2 Å². The van der Waals surface area contributed by atoms with Crippen molar-refractivity contribution in [1.29, 1.82) is 0 Å². The van der Waals surface area contributed by atoms with Crippen molar-refractivity contribution in [3.8, 4) is 17.2 Å². The molecule has 4 aromatic rings. The second-order valence-corrected chi connectivity index (χ2v) is 14.2. The van der Waals surface area contributed by atoms with Crippen LogP contribution in [0.1, 0.15) is 27.7 Å². The van der Waals surface area contributed by atoms with Gasteiger partial charge < -0.3 is 50.1 Å². The molecule has 0 spiro atoms. The molecule has 24 heteroatoms. The number of aromatic nitrogens is 4. The molecule has 1 saturated heterocycles. The SMILES string of the molecule is CO[C@@]1(NC(=O)C(NC(=O)c2c(C)oc3cc(O)c(O)cc3c2=O)c2ccc(OCC(=O)O)cc2)C(=O)N2C(C(=O)O)=C(CSc3nnnn3CC(=O)O)CS[C@H]21. The number of β-lactam (4-membered cyclic amide) rings is 1. The maximum absolute atomic E-state index is 14.2. The molecule has 2 aromatic carbocycles. The van der Waals surface area contributed by atoms with Crippen LogP contribution in [0.5, 0.6) is 17.2 Å². The highest BCUT2D eigenvalue weighted by atomic mass is 32.2. The number of hydrogen-bond acceptors (Lipinski definition) is 17. The van der Waals surface area contributed by atoms with Gasteiger partial charge in [0.2, 0.25) is 16.5 Å². The van der Waals surface area contributed by atoms with Gasteiger partial charge in [-0.25, -0.2) is 14.3 Å². The predicted molar refractivity (Wildman–Crippen MR) is 192 cm³/mol. The summed E-state index contributed by atoms with van der Waals surface area (Å²) in [5.74, 6) is -8.56. The number of aliphatic carboxylic acids is 3. The Morgan fingerprint density at radius 2 is 1.77 bits per heavy atom. The fraction of sp³-hybridized carbons (Fsp3) is 0.273. The first-order chi connectivity index (χ1) is 27.1. The van der Waals surface area contributed by atoms with E-state index in [1.165, 1.54) is 31.2 Å². The Kier molecular flexibility index (Phi) is 11.1. The summed E-state index contributed by atoms with van der Waals surface area (Å²) in [7, 11) is 1.10. The lowest BCUT2D eigenvalue weighted by Crippen LogP contribution is -2.81. The number of carbonyl (C=O) groups excluding carboxylic acids is 3. The van der Waals surface area contributed by atoms with E-state index in [0.717, 1.165) is 52.3 Å². The van der Waals surface area contributed by atoms with Crippen LogP contribution in [-0.4, -0.2) is 123 Å². The molecule has 2 aliphatic rings. The van der Waals surface area contributed by atoms with Crippen LogP contribution < -0.4 is 20.8 Å². The Hall–Kier alpha value is -6.66. The number of fused-ring (bicyclic) bond motifs is 2. The first kappa shape index (κ1) is 40.0. The number of thioether (sulfide) groups is 2. The van der Waals surface area contributed by atoms with E-state index < -0.39 is 94.1 Å². The number of nitrogens with zero attached hydrogens (tertiary/aromatic N) is 5. The maximum Gasteiger partial charge on any atom is 0.352 e. The number of aromatic hydroxyl groups is 2. The van der Waals surface area contributed by atoms with Crippen LogP contribution in [0.3, 0.4) is 0 Å². The largest absolute Gasteiger partial charge is 0.504 e. The van der Waals surface area contributed by atoms with Crippen LogP contribution in [0, 0.1) is 6.92 Å². The molecule has 0 radical (unpaired) electrons. The number of phenolic OH excluding ortho intramolecular Hbond substituents is 2. The Bertz CT molecular complexity index is 2430. The van der Waals surface area contributed by atoms with Crippen LogP contribution in [0.25, 0.3) is 11.0 Å². The summed E-state index contributed by atoms with van der Waals surface area (Å²) in [6.07, 6.45) is 0. The Balaban J connectivity index is 1.30. The van der Waals surface area contributed by atoms with Crippen LogP contribution in [0.2, 0.25) is 0 Å².